The van der Waals surface area contributed by atoms with Gasteiger partial charge in [0.2, 0.25) is 0 Å². The number of hydrogen-bond acceptors (Lipinski definition) is 4. The number of carbonyl (C=O) groups excluding carboxylic acids is 2. The van der Waals surface area contributed by atoms with Crippen LogP contribution < -0.4 is 5.01 Å². The van der Waals surface area contributed by atoms with Crippen LogP contribution in [0, 0.1) is 0 Å². The lowest BCUT2D eigenvalue weighted by Crippen LogP contribution is -2.23. The Morgan fingerprint density at radius 2 is 1.95 bits per heavy atom. The van der Waals surface area contributed by atoms with Gasteiger partial charge in [0.1, 0.15) is 0 Å². The molecule has 2 rings (SSSR count). The van der Waals surface area contributed by atoms with Crippen LogP contribution in [0.3, 0.4) is 0 Å². The molecule has 1 aliphatic rings. The van der Waals surface area contributed by atoms with Crippen LogP contribution in [-0.2, 0) is 14.3 Å². The van der Waals surface area contributed by atoms with Gasteiger partial charge in [0.15, 0.2) is 0 Å². The molecule has 0 fully saturated rings. The van der Waals surface area contributed by atoms with Crippen molar-refractivity contribution in [3.05, 3.63) is 41.5 Å². The summed E-state index contributed by atoms with van der Waals surface area (Å²) in [7, 11) is 0. The van der Waals surface area contributed by atoms with E-state index in [1.165, 1.54) is 5.01 Å². The van der Waals surface area contributed by atoms with E-state index >= 15 is 0 Å². The van der Waals surface area contributed by atoms with Crippen LogP contribution in [0.2, 0.25) is 0 Å². The first kappa shape index (κ1) is 14.0. The van der Waals surface area contributed by atoms with Gasteiger partial charge >= 0.3 is 5.97 Å². The van der Waals surface area contributed by atoms with E-state index < -0.39 is 5.97 Å². The molecular formula is C15H16N2O3. The molecule has 1 aromatic carbocycles. The van der Waals surface area contributed by atoms with Crippen molar-refractivity contribution in [3.63, 3.8) is 0 Å². The smallest absolute Gasteiger partial charge is 0.334 e. The van der Waals surface area contributed by atoms with Gasteiger partial charge in [-0.25, -0.2) is 4.79 Å². The molecule has 1 aromatic rings. The summed E-state index contributed by atoms with van der Waals surface area (Å²) in [5.74, 6) is -0.792. The lowest BCUT2D eigenvalue weighted by Gasteiger charge is -2.11. The first-order chi connectivity index (χ1) is 9.56. The van der Waals surface area contributed by atoms with Crippen LogP contribution in [0.15, 0.2) is 46.6 Å². The third-order valence-electron chi connectivity index (χ3n) is 2.98. The van der Waals surface area contributed by atoms with Crippen LogP contribution in [0.4, 0.5) is 5.69 Å². The summed E-state index contributed by atoms with van der Waals surface area (Å²) in [6.07, 6.45) is 0. The normalized spacial score (nSPS) is 17.1. The number of carbonyl (C=O) groups is 2. The van der Waals surface area contributed by atoms with Gasteiger partial charge in [-0.05, 0) is 32.9 Å². The van der Waals surface area contributed by atoms with E-state index in [1.807, 2.05) is 18.2 Å². The molecule has 1 heterocycles. The van der Waals surface area contributed by atoms with Gasteiger partial charge in [0.25, 0.3) is 5.91 Å². The van der Waals surface area contributed by atoms with Crippen molar-refractivity contribution in [3.8, 4) is 0 Å². The van der Waals surface area contributed by atoms with Crippen LogP contribution >= 0.6 is 0 Å². The maximum atomic E-state index is 12.4. The first-order valence-electron chi connectivity index (χ1n) is 6.39. The number of amides is 1. The Hall–Kier alpha value is -2.43. The first-order valence-corrected chi connectivity index (χ1v) is 6.39. The maximum absolute atomic E-state index is 12.4. The molecule has 104 valence electrons. The molecule has 5 nitrogen and oxygen atoms in total. The lowest BCUT2D eigenvalue weighted by atomic mass is 10.1. The van der Waals surface area contributed by atoms with E-state index in [-0.39, 0.29) is 18.1 Å². The molecule has 0 saturated carbocycles. The zero-order valence-electron chi connectivity index (χ0n) is 11.7. The second-order valence-electron chi connectivity index (χ2n) is 4.36. The van der Waals surface area contributed by atoms with Crippen molar-refractivity contribution in [1.82, 2.24) is 0 Å². The number of hydrogen-bond donors (Lipinski definition) is 0. The number of esters is 1. The Labute approximate surface area is 117 Å². The second-order valence-corrected chi connectivity index (χ2v) is 4.36. The Balaban J connectivity index is 2.37. The highest BCUT2D eigenvalue weighted by Gasteiger charge is 2.32. The third kappa shape index (κ3) is 2.47. The minimum atomic E-state index is -0.486. The van der Waals surface area contributed by atoms with Crippen molar-refractivity contribution in [1.29, 1.82) is 0 Å². The van der Waals surface area contributed by atoms with Crippen LogP contribution in [0.5, 0.6) is 0 Å². The number of nitrogens with zero attached hydrogens (tertiary/aromatic N) is 2. The largest absolute Gasteiger partial charge is 0.463 e. The Bertz CT molecular complexity index is 603. The molecule has 0 unspecified atom stereocenters. The summed E-state index contributed by atoms with van der Waals surface area (Å²) in [6.45, 7) is 5.29. The molecule has 0 atom stereocenters. The summed E-state index contributed by atoms with van der Waals surface area (Å²) < 4.78 is 4.93. The van der Waals surface area contributed by atoms with Crippen molar-refractivity contribution in [2.75, 3.05) is 11.6 Å². The van der Waals surface area contributed by atoms with E-state index in [0.29, 0.717) is 17.0 Å². The fourth-order valence-electron chi connectivity index (χ4n) is 2.02. The van der Waals surface area contributed by atoms with E-state index in [2.05, 4.69) is 5.10 Å². The number of para-hydroxylation sites is 1. The maximum Gasteiger partial charge on any atom is 0.334 e. The number of rotatable bonds is 3. The van der Waals surface area contributed by atoms with Crippen molar-refractivity contribution in [2.24, 2.45) is 5.10 Å². The molecule has 0 aromatic heterocycles. The number of hydrazone groups is 1. The number of benzene rings is 1. The molecule has 0 N–H and O–H groups in total. The SMILES string of the molecule is CCOC(=O)/C(C)=C1/C(=O)N(c2ccccc2)N=C1C. The highest BCUT2D eigenvalue weighted by atomic mass is 16.5. The molecule has 0 bridgehead atoms. The summed E-state index contributed by atoms with van der Waals surface area (Å²) in [5, 5.41) is 5.52. The van der Waals surface area contributed by atoms with Crippen LogP contribution in [-0.4, -0.2) is 24.2 Å². The summed E-state index contributed by atoms with van der Waals surface area (Å²) in [5.41, 5.74) is 1.79. The number of anilines is 1. The monoisotopic (exact) mass is 272 g/mol. The summed E-state index contributed by atoms with van der Waals surface area (Å²) in [4.78, 5) is 24.2. The van der Waals surface area contributed by atoms with Crippen molar-refractivity contribution >= 4 is 23.3 Å². The Kier molecular flexibility index (Phi) is 3.98. The molecule has 1 amide bonds. The van der Waals surface area contributed by atoms with Crippen LogP contribution in [0.1, 0.15) is 20.8 Å². The van der Waals surface area contributed by atoms with Gasteiger partial charge in [-0.3, -0.25) is 4.79 Å². The van der Waals surface area contributed by atoms with Crippen molar-refractivity contribution < 1.29 is 14.3 Å². The predicted octanol–water partition coefficient (Wildman–Crippen LogP) is 2.29. The summed E-state index contributed by atoms with van der Waals surface area (Å²) in [6, 6.07) is 9.09. The van der Waals surface area contributed by atoms with Gasteiger partial charge in [0.05, 0.1) is 23.6 Å². The fourth-order valence-corrected chi connectivity index (χ4v) is 2.02. The minimum Gasteiger partial charge on any atom is -0.463 e. The van der Waals surface area contributed by atoms with Gasteiger partial charge in [-0.15, -0.1) is 0 Å². The molecule has 0 radical (unpaired) electrons. The highest BCUT2D eigenvalue weighted by molar-refractivity contribution is 6.32. The molecule has 0 saturated heterocycles. The van der Waals surface area contributed by atoms with Gasteiger partial charge in [-0.2, -0.15) is 10.1 Å². The van der Waals surface area contributed by atoms with E-state index in [4.69, 9.17) is 4.74 Å². The van der Waals surface area contributed by atoms with E-state index in [0.717, 1.165) is 0 Å². The molecular weight excluding hydrogens is 256 g/mol. The summed E-state index contributed by atoms with van der Waals surface area (Å²) >= 11 is 0. The minimum absolute atomic E-state index is 0.274. The molecule has 5 heteroatoms. The predicted molar refractivity (Wildman–Crippen MR) is 76.4 cm³/mol. The van der Waals surface area contributed by atoms with Gasteiger partial charge < -0.3 is 4.74 Å². The average Bonchev–Trinajstić information content (AvgIpc) is 2.74. The molecule has 0 spiro atoms. The van der Waals surface area contributed by atoms with Crippen LogP contribution in [0.25, 0.3) is 0 Å². The fraction of sp³-hybridized carbons (Fsp3) is 0.267. The van der Waals surface area contributed by atoms with Gasteiger partial charge in [0, 0.05) is 5.57 Å². The second kappa shape index (κ2) is 5.69. The Morgan fingerprint density at radius 3 is 2.55 bits per heavy atom. The zero-order valence-corrected chi connectivity index (χ0v) is 11.7. The topological polar surface area (TPSA) is 59.0 Å². The number of ether oxygens (including phenoxy) is 1. The van der Waals surface area contributed by atoms with E-state index in [9.17, 15) is 9.59 Å². The zero-order chi connectivity index (χ0) is 14.7. The highest BCUT2D eigenvalue weighted by Crippen LogP contribution is 2.25. The lowest BCUT2D eigenvalue weighted by molar-refractivity contribution is -0.138. The quantitative estimate of drug-likeness (QED) is 0.626. The third-order valence-corrected chi connectivity index (χ3v) is 2.98. The average molecular weight is 272 g/mol. The standard InChI is InChI=1S/C15H16N2O3/c1-4-20-15(19)10(2)13-11(3)16-17(14(13)18)12-8-6-5-7-9-12/h5-9H,4H2,1-3H3/b13-10+. The molecule has 1 aliphatic heterocycles. The molecule has 20 heavy (non-hydrogen) atoms. The Morgan fingerprint density at radius 1 is 1.30 bits per heavy atom. The molecule has 0 aliphatic carbocycles. The van der Waals surface area contributed by atoms with E-state index in [1.54, 1.807) is 32.9 Å². The van der Waals surface area contributed by atoms with Crippen molar-refractivity contribution in [2.45, 2.75) is 20.8 Å². The van der Waals surface area contributed by atoms with Gasteiger partial charge in [-0.1, -0.05) is 18.2 Å².